The van der Waals surface area contributed by atoms with Crippen LogP contribution in [-0.2, 0) is 21.1 Å². The lowest BCUT2D eigenvalue weighted by atomic mass is 9.95. The van der Waals surface area contributed by atoms with Crippen LogP contribution in [0.1, 0.15) is 24.0 Å². The Balaban J connectivity index is 1.71. The third kappa shape index (κ3) is 3.30. The van der Waals surface area contributed by atoms with Crippen LogP contribution in [0.15, 0.2) is 24.4 Å². The summed E-state index contributed by atoms with van der Waals surface area (Å²) in [6.07, 6.45) is 4.43. The molecule has 0 atom stereocenters. The predicted molar refractivity (Wildman–Crippen MR) is 99.4 cm³/mol. The van der Waals surface area contributed by atoms with Crippen LogP contribution in [0.2, 0.25) is 0 Å². The summed E-state index contributed by atoms with van der Waals surface area (Å²) in [4.78, 5) is 15.9. The van der Waals surface area contributed by atoms with Crippen LogP contribution in [0.3, 0.4) is 0 Å². The third-order valence-corrected chi connectivity index (χ3v) is 7.22. The molecule has 25 heavy (non-hydrogen) atoms. The van der Waals surface area contributed by atoms with Crippen molar-refractivity contribution in [2.24, 2.45) is 0 Å². The molecule has 2 heterocycles. The first kappa shape index (κ1) is 17.9. The van der Waals surface area contributed by atoms with Crippen molar-refractivity contribution in [1.82, 2.24) is 15.6 Å². The van der Waals surface area contributed by atoms with Crippen LogP contribution < -0.4 is 10.6 Å². The summed E-state index contributed by atoms with van der Waals surface area (Å²) >= 11 is 0. The molecule has 0 saturated carbocycles. The quantitative estimate of drug-likeness (QED) is 0.747. The molecular weight excluding hydrogens is 338 g/mol. The lowest BCUT2D eigenvalue weighted by molar-refractivity contribution is -0.124. The number of H-pyrrole nitrogens is 1. The van der Waals surface area contributed by atoms with E-state index in [-0.39, 0.29) is 5.91 Å². The molecule has 0 bridgehead atoms. The summed E-state index contributed by atoms with van der Waals surface area (Å²) in [5.74, 6) is -0.368. The normalized spacial score (nSPS) is 17.5. The first-order valence-corrected chi connectivity index (χ1v) is 10.5. The maximum absolute atomic E-state index is 12.7. The maximum atomic E-state index is 12.7. The highest BCUT2D eigenvalue weighted by Crippen LogP contribution is 2.28. The Morgan fingerprint density at radius 3 is 2.68 bits per heavy atom. The molecule has 1 aromatic heterocycles. The summed E-state index contributed by atoms with van der Waals surface area (Å²) in [6.45, 7) is 3.57. The molecule has 1 fully saturated rings. The molecule has 3 N–H and O–H groups in total. The number of nitrogens with one attached hydrogen (secondary N) is 3. The van der Waals surface area contributed by atoms with Crippen molar-refractivity contribution in [3.8, 4) is 0 Å². The molecule has 7 heteroatoms. The third-order valence-electron chi connectivity index (χ3n) is 5.21. The Kier molecular flexibility index (Phi) is 4.88. The Bertz CT molecular complexity index is 880. The van der Waals surface area contributed by atoms with Crippen molar-refractivity contribution in [2.45, 2.75) is 30.9 Å². The number of benzene rings is 1. The number of aromatic amines is 1. The topological polar surface area (TPSA) is 91.1 Å². The summed E-state index contributed by atoms with van der Waals surface area (Å²) in [6, 6.07) is 6.09. The van der Waals surface area contributed by atoms with Crippen LogP contribution in [0.25, 0.3) is 10.9 Å². The molecule has 0 spiro atoms. The first-order valence-electron chi connectivity index (χ1n) is 8.59. The molecule has 0 aliphatic carbocycles. The van der Waals surface area contributed by atoms with Gasteiger partial charge in [-0.1, -0.05) is 12.1 Å². The van der Waals surface area contributed by atoms with Gasteiger partial charge < -0.3 is 15.6 Å². The van der Waals surface area contributed by atoms with Gasteiger partial charge in [-0.15, -0.1) is 0 Å². The van der Waals surface area contributed by atoms with Crippen LogP contribution in [0.5, 0.6) is 0 Å². The zero-order valence-electron chi connectivity index (χ0n) is 14.7. The molecule has 3 rings (SSSR count). The molecule has 1 aliphatic rings. The van der Waals surface area contributed by atoms with Gasteiger partial charge in [0.15, 0.2) is 14.6 Å². The fourth-order valence-corrected chi connectivity index (χ4v) is 5.07. The number of carbonyl (C=O) groups excluding carboxylic acids is 1. The average Bonchev–Trinajstić information content (AvgIpc) is 2.99. The predicted octanol–water partition coefficient (Wildman–Crippen LogP) is 1.30. The van der Waals surface area contributed by atoms with E-state index in [4.69, 9.17) is 0 Å². The van der Waals surface area contributed by atoms with E-state index in [0.29, 0.717) is 38.9 Å². The Hall–Kier alpha value is -1.86. The number of aromatic nitrogens is 1. The molecule has 1 amide bonds. The smallest absolute Gasteiger partial charge is 0.241 e. The summed E-state index contributed by atoms with van der Waals surface area (Å²) in [5.41, 5.74) is 3.39. The zero-order valence-corrected chi connectivity index (χ0v) is 15.5. The lowest BCUT2D eigenvalue weighted by Crippen LogP contribution is -2.57. The van der Waals surface area contributed by atoms with E-state index in [1.807, 2.05) is 18.3 Å². The van der Waals surface area contributed by atoms with Crippen LogP contribution in [-0.4, -0.2) is 49.9 Å². The highest BCUT2D eigenvalue weighted by atomic mass is 32.2. The Morgan fingerprint density at radius 1 is 1.28 bits per heavy atom. The van der Waals surface area contributed by atoms with Crippen molar-refractivity contribution < 1.29 is 13.2 Å². The van der Waals surface area contributed by atoms with Gasteiger partial charge in [0.1, 0.15) is 0 Å². The molecule has 1 saturated heterocycles. The first-order chi connectivity index (χ1) is 11.8. The molecule has 0 unspecified atom stereocenters. The molecule has 1 aliphatic heterocycles. The van der Waals surface area contributed by atoms with Crippen molar-refractivity contribution in [3.63, 3.8) is 0 Å². The van der Waals surface area contributed by atoms with E-state index in [1.165, 1.54) is 17.2 Å². The Labute approximate surface area is 148 Å². The number of aryl methyl sites for hydroxylation is 1. The minimum absolute atomic E-state index is 0.323. The van der Waals surface area contributed by atoms with Crippen LogP contribution in [0.4, 0.5) is 0 Å². The minimum atomic E-state index is -3.47. The monoisotopic (exact) mass is 363 g/mol. The minimum Gasteiger partial charge on any atom is -0.361 e. The van der Waals surface area contributed by atoms with E-state index >= 15 is 0 Å². The SMILES string of the molecule is Cc1cccc2[nH]cc(CCNC(=O)C3(S(C)(=O)=O)CCNCC3)c12. The van der Waals surface area contributed by atoms with Crippen LogP contribution in [0, 0.1) is 6.92 Å². The molecule has 1 aromatic carbocycles. The number of piperidine rings is 1. The van der Waals surface area contributed by atoms with E-state index in [9.17, 15) is 13.2 Å². The molecule has 6 nitrogen and oxygen atoms in total. The van der Waals surface area contributed by atoms with Crippen molar-refractivity contribution >= 4 is 26.6 Å². The molecular formula is C18H25N3O3S. The molecule has 2 aromatic rings. The van der Waals surface area contributed by atoms with Gasteiger partial charge in [-0.25, -0.2) is 8.42 Å². The van der Waals surface area contributed by atoms with Gasteiger partial charge in [-0.3, -0.25) is 4.79 Å². The number of hydrogen-bond acceptors (Lipinski definition) is 4. The number of sulfone groups is 1. The van der Waals surface area contributed by atoms with Gasteiger partial charge in [0.05, 0.1) is 0 Å². The van der Waals surface area contributed by atoms with Crippen molar-refractivity contribution in [2.75, 3.05) is 25.9 Å². The highest BCUT2D eigenvalue weighted by Gasteiger charge is 2.48. The van der Waals surface area contributed by atoms with Gasteiger partial charge in [0.2, 0.25) is 5.91 Å². The number of hydrogen-bond donors (Lipinski definition) is 3. The van der Waals surface area contributed by atoms with Gasteiger partial charge in [0.25, 0.3) is 0 Å². The maximum Gasteiger partial charge on any atom is 0.241 e. The lowest BCUT2D eigenvalue weighted by Gasteiger charge is -2.34. The second kappa shape index (κ2) is 6.80. The van der Waals surface area contributed by atoms with Gasteiger partial charge in [0, 0.05) is 29.9 Å². The largest absolute Gasteiger partial charge is 0.361 e. The number of amides is 1. The average molecular weight is 363 g/mol. The number of rotatable bonds is 5. The summed E-state index contributed by atoms with van der Waals surface area (Å²) in [5, 5.41) is 7.16. The van der Waals surface area contributed by atoms with Gasteiger partial charge in [-0.05, 0) is 56.5 Å². The molecule has 0 radical (unpaired) electrons. The van der Waals surface area contributed by atoms with Gasteiger partial charge in [-0.2, -0.15) is 0 Å². The second-order valence-corrected chi connectivity index (χ2v) is 9.16. The van der Waals surface area contributed by atoms with E-state index in [2.05, 4.69) is 28.6 Å². The van der Waals surface area contributed by atoms with Crippen LogP contribution >= 0.6 is 0 Å². The summed E-state index contributed by atoms with van der Waals surface area (Å²) in [7, 11) is -3.47. The number of carbonyl (C=O) groups is 1. The Morgan fingerprint density at radius 2 is 2.00 bits per heavy atom. The van der Waals surface area contributed by atoms with E-state index in [0.717, 1.165) is 11.1 Å². The standard InChI is InChI=1S/C18H25N3O3S/c1-13-4-3-5-15-16(13)14(12-21-15)6-9-20-17(22)18(25(2,23)24)7-10-19-11-8-18/h3-5,12,19,21H,6-11H2,1-2H3,(H,20,22). The highest BCUT2D eigenvalue weighted by molar-refractivity contribution is 7.92. The van der Waals surface area contributed by atoms with Crippen molar-refractivity contribution in [1.29, 1.82) is 0 Å². The number of fused-ring (bicyclic) bond motifs is 1. The van der Waals surface area contributed by atoms with Gasteiger partial charge >= 0.3 is 0 Å². The fourth-order valence-electron chi connectivity index (χ4n) is 3.72. The van der Waals surface area contributed by atoms with E-state index in [1.54, 1.807) is 0 Å². The molecule has 136 valence electrons. The second-order valence-electron chi connectivity index (χ2n) is 6.83. The zero-order chi connectivity index (χ0) is 18.1. The summed E-state index contributed by atoms with van der Waals surface area (Å²) < 4.78 is 23.2. The van der Waals surface area contributed by atoms with Crippen molar-refractivity contribution in [3.05, 3.63) is 35.5 Å². The fraction of sp³-hybridized carbons (Fsp3) is 0.500. The van der Waals surface area contributed by atoms with E-state index < -0.39 is 14.6 Å².